The van der Waals surface area contributed by atoms with E-state index in [1.165, 1.54) is 16.7 Å². The van der Waals surface area contributed by atoms with Crippen molar-refractivity contribution in [3.05, 3.63) is 34.9 Å². The van der Waals surface area contributed by atoms with E-state index >= 15 is 0 Å². The van der Waals surface area contributed by atoms with Gasteiger partial charge in [-0.25, -0.2) is 0 Å². The minimum absolute atomic E-state index is 0.510. The highest BCUT2D eigenvalue weighted by Crippen LogP contribution is 2.28. The number of aryl methyl sites for hydroxylation is 2. The van der Waals surface area contributed by atoms with E-state index in [0.717, 1.165) is 32.4 Å². The van der Waals surface area contributed by atoms with Crippen molar-refractivity contribution in [2.75, 3.05) is 13.1 Å². The molecule has 0 radical (unpaired) electrons. The van der Waals surface area contributed by atoms with E-state index in [4.69, 9.17) is 0 Å². The third-order valence-corrected chi connectivity index (χ3v) is 4.48. The number of hydrogen-bond donors (Lipinski definition) is 1. The van der Waals surface area contributed by atoms with Crippen molar-refractivity contribution in [1.29, 1.82) is 0 Å². The Morgan fingerprint density at radius 2 is 1.84 bits per heavy atom. The van der Waals surface area contributed by atoms with Gasteiger partial charge in [0.1, 0.15) is 0 Å². The van der Waals surface area contributed by atoms with Crippen LogP contribution in [-0.2, 0) is 6.42 Å². The van der Waals surface area contributed by atoms with Gasteiger partial charge in [0.25, 0.3) is 0 Å². The summed E-state index contributed by atoms with van der Waals surface area (Å²) in [5, 5.41) is 10.8. The summed E-state index contributed by atoms with van der Waals surface area (Å²) in [7, 11) is 0. The molecule has 0 saturated carbocycles. The number of piperidine rings is 1. The van der Waals surface area contributed by atoms with Crippen LogP contribution in [0.15, 0.2) is 18.2 Å². The van der Waals surface area contributed by atoms with E-state index in [1.807, 2.05) is 0 Å². The molecule has 1 aliphatic rings. The SMILES string of the molecule is Cc1ccc(C)c(CC2(O)CCN(C(C)C)CC2)c1. The van der Waals surface area contributed by atoms with Gasteiger partial charge in [-0.05, 0) is 51.7 Å². The lowest BCUT2D eigenvalue weighted by atomic mass is 9.83. The second kappa shape index (κ2) is 5.64. The fourth-order valence-corrected chi connectivity index (χ4v) is 2.98. The summed E-state index contributed by atoms with van der Waals surface area (Å²) in [5.74, 6) is 0. The summed E-state index contributed by atoms with van der Waals surface area (Å²) in [5.41, 5.74) is 3.37. The van der Waals surface area contributed by atoms with E-state index in [0.29, 0.717) is 6.04 Å². The van der Waals surface area contributed by atoms with Crippen LogP contribution in [-0.4, -0.2) is 34.7 Å². The van der Waals surface area contributed by atoms with Gasteiger partial charge in [-0.15, -0.1) is 0 Å². The molecule has 106 valence electrons. The minimum atomic E-state index is -0.510. The highest BCUT2D eigenvalue weighted by atomic mass is 16.3. The minimum Gasteiger partial charge on any atom is -0.389 e. The first kappa shape index (κ1) is 14.5. The lowest BCUT2D eigenvalue weighted by molar-refractivity contribution is -0.0272. The second-order valence-corrected chi connectivity index (χ2v) is 6.46. The van der Waals surface area contributed by atoms with Crippen LogP contribution in [0.2, 0.25) is 0 Å². The Kier molecular flexibility index (Phi) is 4.32. The zero-order valence-corrected chi connectivity index (χ0v) is 12.7. The van der Waals surface area contributed by atoms with Gasteiger partial charge in [0, 0.05) is 25.6 Å². The summed E-state index contributed by atoms with van der Waals surface area (Å²) in [6.45, 7) is 10.7. The Balaban J connectivity index is 2.05. The van der Waals surface area contributed by atoms with Crippen LogP contribution in [0.1, 0.15) is 43.4 Å². The monoisotopic (exact) mass is 261 g/mol. The molecule has 2 nitrogen and oxygen atoms in total. The number of likely N-dealkylation sites (tertiary alicyclic amines) is 1. The van der Waals surface area contributed by atoms with Gasteiger partial charge >= 0.3 is 0 Å². The molecule has 19 heavy (non-hydrogen) atoms. The smallest absolute Gasteiger partial charge is 0.0712 e. The van der Waals surface area contributed by atoms with Gasteiger partial charge in [-0.3, -0.25) is 0 Å². The third-order valence-electron chi connectivity index (χ3n) is 4.48. The number of hydrogen-bond acceptors (Lipinski definition) is 2. The summed E-state index contributed by atoms with van der Waals surface area (Å²) >= 11 is 0. The van der Waals surface area contributed by atoms with E-state index in [-0.39, 0.29) is 0 Å². The molecule has 1 aromatic carbocycles. The number of benzene rings is 1. The maximum atomic E-state index is 10.8. The molecule has 0 spiro atoms. The van der Waals surface area contributed by atoms with Crippen LogP contribution in [0, 0.1) is 13.8 Å². The second-order valence-electron chi connectivity index (χ2n) is 6.46. The van der Waals surface area contributed by atoms with E-state index in [9.17, 15) is 5.11 Å². The van der Waals surface area contributed by atoms with Crippen molar-refractivity contribution in [2.45, 2.75) is 58.6 Å². The fraction of sp³-hybridized carbons (Fsp3) is 0.647. The normalized spacial score (nSPS) is 19.9. The van der Waals surface area contributed by atoms with E-state index in [2.05, 4.69) is 50.8 Å². The topological polar surface area (TPSA) is 23.5 Å². The Morgan fingerprint density at radius 3 is 2.42 bits per heavy atom. The predicted octanol–water partition coefficient (Wildman–Crippen LogP) is 3.08. The van der Waals surface area contributed by atoms with Gasteiger partial charge in [-0.2, -0.15) is 0 Å². The molecule has 1 aromatic rings. The molecule has 1 N–H and O–H groups in total. The van der Waals surface area contributed by atoms with Gasteiger partial charge in [0.15, 0.2) is 0 Å². The molecule has 1 fully saturated rings. The molecule has 1 saturated heterocycles. The molecule has 1 aliphatic heterocycles. The van der Waals surface area contributed by atoms with Crippen molar-refractivity contribution in [1.82, 2.24) is 4.90 Å². The lowest BCUT2D eigenvalue weighted by Gasteiger charge is -2.40. The quantitative estimate of drug-likeness (QED) is 0.904. The number of nitrogens with zero attached hydrogens (tertiary/aromatic N) is 1. The zero-order chi connectivity index (χ0) is 14.0. The molecule has 0 amide bonds. The van der Waals surface area contributed by atoms with E-state index in [1.54, 1.807) is 0 Å². The highest BCUT2D eigenvalue weighted by molar-refractivity contribution is 5.31. The van der Waals surface area contributed by atoms with Crippen molar-refractivity contribution in [2.24, 2.45) is 0 Å². The number of rotatable bonds is 3. The van der Waals surface area contributed by atoms with Crippen molar-refractivity contribution in [3.63, 3.8) is 0 Å². The van der Waals surface area contributed by atoms with Gasteiger partial charge in [0.2, 0.25) is 0 Å². The van der Waals surface area contributed by atoms with Crippen molar-refractivity contribution >= 4 is 0 Å². The lowest BCUT2D eigenvalue weighted by Crippen LogP contribution is -2.47. The maximum Gasteiger partial charge on any atom is 0.0712 e. The highest BCUT2D eigenvalue weighted by Gasteiger charge is 2.33. The Morgan fingerprint density at radius 1 is 1.21 bits per heavy atom. The van der Waals surface area contributed by atoms with Crippen LogP contribution < -0.4 is 0 Å². The van der Waals surface area contributed by atoms with Gasteiger partial charge in [0.05, 0.1) is 5.60 Å². The average molecular weight is 261 g/mol. The van der Waals surface area contributed by atoms with Crippen LogP contribution in [0.5, 0.6) is 0 Å². The Bertz CT molecular complexity index is 431. The van der Waals surface area contributed by atoms with Crippen LogP contribution in [0.3, 0.4) is 0 Å². The predicted molar refractivity (Wildman–Crippen MR) is 80.5 cm³/mol. The first-order valence-corrected chi connectivity index (χ1v) is 7.42. The summed E-state index contributed by atoms with van der Waals surface area (Å²) in [4.78, 5) is 2.46. The van der Waals surface area contributed by atoms with E-state index < -0.39 is 5.60 Å². The Labute approximate surface area is 117 Å². The van der Waals surface area contributed by atoms with Gasteiger partial charge in [-0.1, -0.05) is 23.8 Å². The molecular weight excluding hydrogens is 234 g/mol. The average Bonchev–Trinajstić information content (AvgIpc) is 2.34. The third kappa shape index (κ3) is 3.58. The first-order valence-electron chi connectivity index (χ1n) is 7.42. The molecule has 0 aromatic heterocycles. The van der Waals surface area contributed by atoms with Crippen molar-refractivity contribution < 1.29 is 5.11 Å². The zero-order valence-electron chi connectivity index (χ0n) is 12.7. The molecule has 1 heterocycles. The molecule has 2 rings (SSSR count). The van der Waals surface area contributed by atoms with Crippen LogP contribution >= 0.6 is 0 Å². The van der Waals surface area contributed by atoms with Crippen LogP contribution in [0.4, 0.5) is 0 Å². The molecule has 0 atom stereocenters. The molecular formula is C17H27NO. The van der Waals surface area contributed by atoms with Crippen molar-refractivity contribution in [3.8, 4) is 0 Å². The summed E-state index contributed by atoms with van der Waals surface area (Å²) in [6, 6.07) is 7.12. The Hall–Kier alpha value is -0.860. The first-order chi connectivity index (χ1) is 8.89. The largest absolute Gasteiger partial charge is 0.389 e. The molecule has 2 heteroatoms. The standard InChI is InChI=1S/C17H27NO/c1-13(2)18-9-7-17(19,8-10-18)12-16-11-14(3)5-6-15(16)4/h5-6,11,13,19H,7-10,12H2,1-4H3. The summed E-state index contributed by atoms with van der Waals surface area (Å²) < 4.78 is 0. The van der Waals surface area contributed by atoms with Crippen LogP contribution in [0.25, 0.3) is 0 Å². The molecule has 0 bridgehead atoms. The molecule has 0 aliphatic carbocycles. The molecule has 0 unspecified atom stereocenters. The number of aliphatic hydroxyl groups is 1. The fourth-order valence-electron chi connectivity index (χ4n) is 2.98. The van der Waals surface area contributed by atoms with Gasteiger partial charge < -0.3 is 10.0 Å². The summed E-state index contributed by atoms with van der Waals surface area (Å²) in [6.07, 6.45) is 2.57. The maximum absolute atomic E-state index is 10.8.